The summed E-state index contributed by atoms with van der Waals surface area (Å²) in [7, 11) is 2.08. The molecule has 1 aromatic carbocycles. The van der Waals surface area contributed by atoms with E-state index in [0.29, 0.717) is 18.2 Å². The van der Waals surface area contributed by atoms with E-state index >= 15 is 0 Å². The Kier molecular flexibility index (Phi) is 4.37. The van der Waals surface area contributed by atoms with Crippen molar-refractivity contribution in [2.75, 3.05) is 26.7 Å². The van der Waals surface area contributed by atoms with Gasteiger partial charge >= 0.3 is 0 Å². The summed E-state index contributed by atoms with van der Waals surface area (Å²) >= 11 is 0. The molecule has 0 saturated carbocycles. The molecule has 3 nitrogen and oxygen atoms in total. The molecule has 1 saturated heterocycles. The van der Waals surface area contributed by atoms with E-state index < -0.39 is 17.4 Å². The molecule has 1 unspecified atom stereocenters. The number of likely N-dealkylation sites (N-methyl/N-ethyl adjacent to an activating group) is 1. The Hall–Kier alpha value is -1.20. The minimum Gasteiger partial charge on any atom is -0.503 e. The van der Waals surface area contributed by atoms with Gasteiger partial charge in [0, 0.05) is 25.7 Å². The predicted octanol–water partition coefficient (Wildman–Crippen LogP) is 2.20. The van der Waals surface area contributed by atoms with Gasteiger partial charge in [0.05, 0.1) is 0 Å². The van der Waals surface area contributed by atoms with E-state index in [-0.39, 0.29) is 0 Å². The Morgan fingerprint density at radius 1 is 1.26 bits per heavy atom. The Morgan fingerprint density at radius 2 is 1.89 bits per heavy atom. The molecule has 2 rings (SSSR count). The fraction of sp³-hybridized carbons (Fsp3) is 0.571. The zero-order valence-electron chi connectivity index (χ0n) is 11.4. The molecule has 0 aliphatic carbocycles. The molecule has 5 heteroatoms. The van der Waals surface area contributed by atoms with E-state index in [0.717, 1.165) is 26.1 Å². The van der Waals surface area contributed by atoms with Gasteiger partial charge in [0.1, 0.15) is 0 Å². The lowest BCUT2D eigenvalue weighted by molar-refractivity contribution is 0.194. The van der Waals surface area contributed by atoms with E-state index in [4.69, 9.17) is 5.11 Å². The first kappa shape index (κ1) is 14.2. The van der Waals surface area contributed by atoms with Crippen molar-refractivity contribution in [1.29, 1.82) is 0 Å². The molecule has 0 aromatic heterocycles. The van der Waals surface area contributed by atoms with Crippen LogP contribution in [0.4, 0.5) is 8.78 Å². The quantitative estimate of drug-likeness (QED) is 0.892. The fourth-order valence-corrected chi connectivity index (χ4v) is 2.60. The first-order valence-corrected chi connectivity index (χ1v) is 6.57. The highest BCUT2D eigenvalue weighted by Crippen LogP contribution is 2.23. The lowest BCUT2D eigenvalue weighted by Gasteiger charge is -2.27. The maximum atomic E-state index is 13.3. The van der Waals surface area contributed by atoms with E-state index in [1.807, 2.05) is 0 Å². The van der Waals surface area contributed by atoms with Crippen LogP contribution in [0.3, 0.4) is 0 Å². The Balaban J connectivity index is 2.11. The van der Waals surface area contributed by atoms with Gasteiger partial charge in [-0.3, -0.25) is 4.90 Å². The third-order valence-corrected chi connectivity index (χ3v) is 3.65. The van der Waals surface area contributed by atoms with Crippen molar-refractivity contribution in [2.45, 2.75) is 25.9 Å². The highest BCUT2D eigenvalue weighted by atomic mass is 19.1. The van der Waals surface area contributed by atoms with Gasteiger partial charge in [0.15, 0.2) is 17.4 Å². The molecule has 1 N–H and O–H groups in total. The average molecular weight is 270 g/mol. The third kappa shape index (κ3) is 3.42. The molecule has 1 aliphatic heterocycles. The highest BCUT2D eigenvalue weighted by Gasteiger charge is 2.20. The SMILES string of the molecule is CC1CN(C)CCCN1Cc1cc(F)c(O)c(F)c1. The molecule has 0 amide bonds. The van der Waals surface area contributed by atoms with Crippen LogP contribution in [0.2, 0.25) is 0 Å². The normalized spacial score (nSPS) is 22.4. The van der Waals surface area contributed by atoms with Crippen LogP contribution in [-0.4, -0.2) is 47.6 Å². The molecular weight excluding hydrogens is 250 g/mol. The van der Waals surface area contributed by atoms with Crippen molar-refractivity contribution in [1.82, 2.24) is 9.80 Å². The van der Waals surface area contributed by atoms with E-state index in [1.165, 1.54) is 12.1 Å². The van der Waals surface area contributed by atoms with Crippen molar-refractivity contribution in [3.05, 3.63) is 29.3 Å². The minimum absolute atomic E-state index is 0.340. The van der Waals surface area contributed by atoms with Crippen LogP contribution in [0.15, 0.2) is 12.1 Å². The van der Waals surface area contributed by atoms with Crippen LogP contribution < -0.4 is 0 Å². The lowest BCUT2D eigenvalue weighted by Crippen LogP contribution is -2.37. The average Bonchev–Trinajstić information content (AvgIpc) is 2.48. The van der Waals surface area contributed by atoms with Gasteiger partial charge in [0.25, 0.3) is 0 Å². The molecule has 1 atom stereocenters. The zero-order chi connectivity index (χ0) is 14.0. The van der Waals surface area contributed by atoms with Gasteiger partial charge in [-0.15, -0.1) is 0 Å². The Morgan fingerprint density at radius 3 is 2.53 bits per heavy atom. The van der Waals surface area contributed by atoms with Crippen molar-refractivity contribution in [3.8, 4) is 5.75 Å². The van der Waals surface area contributed by atoms with E-state index in [2.05, 4.69) is 23.8 Å². The monoisotopic (exact) mass is 270 g/mol. The van der Waals surface area contributed by atoms with Crippen molar-refractivity contribution >= 4 is 0 Å². The predicted molar refractivity (Wildman–Crippen MR) is 70.0 cm³/mol. The molecule has 0 spiro atoms. The van der Waals surface area contributed by atoms with Crippen LogP contribution >= 0.6 is 0 Å². The van der Waals surface area contributed by atoms with Gasteiger partial charge in [-0.05, 0) is 44.6 Å². The molecule has 1 aliphatic rings. The number of phenolic OH excluding ortho intramolecular Hbond substituents is 1. The van der Waals surface area contributed by atoms with Crippen LogP contribution in [0.25, 0.3) is 0 Å². The topological polar surface area (TPSA) is 26.7 Å². The second-order valence-electron chi connectivity index (χ2n) is 5.34. The number of nitrogens with zero attached hydrogens (tertiary/aromatic N) is 2. The van der Waals surface area contributed by atoms with Crippen molar-refractivity contribution < 1.29 is 13.9 Å². The molecule has 1 heterocycles. The summed E-state index contributed by atoms with van der Waals surface area (Å²) in [4.78, 5) is 4.48. The maximum Gasteiger partial charge on any atom is 0.187 e. The molecule has 1 aromatic rings. The van der Waals surface area contributed by atoms with Crippen LogP contribution in [0.5, 0.6) is 5.75 Å². The first-order valence-electron chi connectivity index (χ1n) is 6.57. The van der Waals surface area contributed by atoms with Crippen LogP contribution in [-0.2, 0) is 6.54 Å². The summed E-state index contributed by atoms with van der Waals surface area (Å²) < 4.78 is 26.6. The minimum atomic E-state index is -0.896. The Bertz CT molecular complexity index is 430. The summed E-state index contributed by atoms with van der Waals surface area (Å²) in [5, 5.41) is 9.10. The van der Waals surface area contributed by atoms with Gasteiger partial charge < -0.3 is 10.0 Å². The first-order chi connectivity index (χ1) is 8.97. The standard InChI is InChI=1S/C14H20F2N2O/c1-10-8-17(2)4-3-5-18(10)9-11-6-12(15)14(19)13(16)7-11/h6-7,10,19H,3-5,8-9H2,1-2H3. The summed E-state index contributed by atoms with van der Waals surface area (Å²) in [5.74, 6) is -2.68. The molecule has 1 fully saturated rings. The molecule has 0 bridgehead atoms. The van der Waals surface area contributed by atoms with Gasteiger partial charge in [-0.1, -0.05) is 0 Å². The van der Waals surface area contributed by atoms with Gasteiger partial charge in [-0.2, -0.15) is 0 Å². The fourth-order valence-electron chi connectivity index (χ4n) is 2.60. The Labute approximate surface area is 112 Å². The lowest BCUT2D eigenvalue weighted by atomic mass is 10.1. The van der Waals surface area contributed by atoms with Crippen molar-refractivity contribution in [2.24, 2.45) is 0 Å². The number of aromatic hydroxyl groups is 1. The highest BCUT2D eigenvalue weighted by molar-refractivity contribution is 5.30. The maximum absolute atomic E-state index is 13.3. The smallest absolute Gasteiger partial charge is 0.187 e. The number of rotatable bonds is 2. The summed E-state index contributed by atoms with van der Waals surface area (Å²) in [6.07, 6.45) is 1.05. The molecule has 0 radical (unpaired) electrons. The van der Waals surface area contributed by atoms with Crippen molar-refractivity contribution in [3.63, 3.8) is 0 Å². The summed E-state index contributed by atoms with van der Waals surface area (Å²) in [5.41, 5.74) is 0.559. The number of benzene rings is 1. The second kappa shape index (κ2) is 5.84. The van der Waals surface area contributed by atoms with Crippen LogP contribution in [0.1, 0.15) is 18.9 Å². The number of halogens is 2. The van der Waals surface area contributed by atoms with Gasteiger partial charge in [-0.25, -0.2) is 8.78 Å². The third-order valence-electron chi connectivity index (χ3n) is 3.65. The van der Waals surface area contributed by atoms with E-state index in [1.54, 1.807) is 0 Å². The van der Waals surface area contributed by atoms with Crippen LogP contribution in [0, 0.1) is 11.6 Å². The molecule has 106 valence electrons. The summed E-state index contributed by atoms with van der Waals surface area (Å²) in [6, 6.07) is 2.76. The number of phenols is 1. The molecular formula is C14H20F2N2O. The number of hydrogen-bond acceptors (Lipinski definition) is 3. The number of hydrogen-bond donors (Lipinski definition) is 1. The van der Waals surface area contributed by atoms with E-state index in [9.17, 15) is 8.78 Å². The summed E-state index contributed by atoms with van der Waals surface area (Å²) in [6.45, 7) is 5.52. The second-order valence-corrected chi connectivity index (χ2v) is 5.34. The van der Waals surface area contributed by atoms with Gasteiger partial charge in [0.2, 0.25) is 0 Å². The largest absolute Gasteiger partial charge is 0.503 e. The molecule has 19 heavy (non-hydrogen) atoms. The zero-order valence-corrected chi connectivity index (χ0v) is 11.4.